The van der Waals surface area contributed by atoms with Gasteiger partial charge in [-0.2, -0.15) is 0 Å². The van der Waals surface area contributed by atoms with Gasteiger partial charge in [-0.05, 0) is 6.08 Å². The van der Waals surface area contributed by atoms with E-state index in [4.69, 9.17) is 19.3 Å². The monoisotopic (exact) mass is 238 g/mol. The van der Waals surface area contributed by atoms with Crippen molar-refractivity contribution in [3.05, 3.63) is 30.4 Å². The molecule has 0 heterocycles. The molecule has 0 unspecified atom stereocenters. The van der Waals surface area contributed by atoms with Gasteiger partial charge in [0.05, 0.1) is 14.2 Å². The molecule has 0 spiro atoms. The summed E-state index contributed by atoms with van der Waals surface area (Å²) in [6, 6.07) is 5.11. The van der Waals surface area contributed by atoms with Crippen LogP contribution < -0.4 is 14.2 Å². The Hall–Kier alpha value is -2.17. The molecule has 92 valence electrons. The molecule has 0 fully saturated rings. The van der Waals surface area contributed by atoms with Gasteiger partial charge in [-0.25, -0.2) is 4.79 Å². The molecule has 1 aromatic rings. The van der Waals surface area contributed by atoms with E-state index >= 15 is 0 Å². The maximum atomic E-state index is 10.2. The van der Waals surface area contributed by atoms with Crippen LogP contribution in [0.3, 0.4) is 0 Å². The first kappa shape index (κ1) is 12.9. The lowest BCUT2D eigenvalue weighted by Gasteiger charge is -2.08. The molecule has 0 radical (unpaired) electrons. The third kappa shape index (κ3) is 4.46. The minimum Gasteiger partial charge on any atom is -0.496 e. The average molecular weight is 238 g/mol. The van der Waals surface area contributed by atoms with Crippen molar-refractivity contribution in [1.82, 2.24) is 0 Å². The minimum atomic E-state index is -1.00. The van der Waals surface area contributed by atoms with Crippen LogP contribution in [0, 0.1) is 0 Å². The molecule has 0 saturated carbocycles. The molecule has 0 aliphatic carbocycles. The van der Waals surface area contributed by atoms with Gasteiger partial charge in [-0.15, -0.1) is 0 Å². The maximum absolute atomic E-state index is 10.2. The molecule has 5 heteroatoms. The van der Waals surface area contributed by atoms with E-state index in [1.165, 1.54) is 6.08 Å². The third-order valence-electron chi connectivity index (χ3n) is 1.93. The number of benzene rings is 1. The lowest BCUT2D eigenvalue weighted by molar-refractivity contribution is -0.131. The molecule has 17 heavy (non-hydrogen) atoms. The SMILES string of the molecule is COc1cc(OC)cc(OCC=CC(=O)O)c1. The zero-order chi connectivity index (χ0) is 12.7. The van der Waals surface area contributed by atoms with E-state index in [-0.39, 0.29) is 6.61 Å². The first-order chi connectivity index (χ1) is 8.15. The normalized spacial score (nSPS) is 10.2. The Morgan fingerprint density at radius 2 is 1.71 bits per heavy atom. The van der Waals surface area contributed by atoms with Crippen molar-refractivity contribution < 1.29 is 24.1 Å². The fraction of sp³-hybridized carbons (Fsp3) is 0.250. The molecule has 0 atom stereocenters. The molecule has 0 saturated heterocycles. The Bertz CT molecular complexity index is 389. The summed E-state index contributed by atoms with van der Waals surface area (Å²) in [6.07, 6.45) is 2.44. The minimum absolute atomic E-state index is 0.169. The van der Waals surface area contributed by atoms with Crippen LogP contribution in [0.1, 0.15) is 0 Å². The number of hydrogen-bond acceptors (Lipinski definition) is 4. The summed E-state index contributed by atoms with van der Waals surface area (Å²) < 4.78 is 15.5. The van der Waals surface area contributed by atoms with Crippen molar-refractivity contribution in [2.24, 2.45) is 0 Å². The molecule has 0 bridgehead atoms. The first-order valence-electron chi connectivity index (χ1n) is 4.91. The quantitative estimate of drug-likeness (QED) is 0.764. The summed E-state index contributed by atoms with van der Waals surface area (Å²) in [6.45, 7) is 0.169. The van der Waals surface area contributed by atoms with E-state index < -0.39 is 5.97 Å². The highest BCUT2D eigenvalue weighted by molar-refractivity contribution is 5.79. The highest BCUT2D eigenvalue weighted by atomic mass is 16.5. The predicted octanol–water partition coefficient (Wildman–Crippen LogP) is 1.72. The van der Waals surface area contributed by atoms with Crippen LogP contribution in [0.2, 0.25) is 0 Å². The van der Waals surface area contributed by atoms with Gasteiger partial charge in [0.25, 0.3) is 0 Å². The summed E-state index contributed by atoms with van der Waals surface area (Å²) in [5.41, 5.74) is 0. The summed E-state index contributed by atoms with van der Waals surface area (Å²) in [7, 11) is 3.09. The van der Waals surface area contributed by atoms with Crippen LogP contribution >= 0.6 is 0 Å². The molecule has 0 aliphatic heterocycles. The fourth-order valence-corrected chi connectivity index (χ4v) is 1.16. The lowest BCUT2D eigenvalue weighted by atomic mass is 10.3. The van der Waals surface area contributed by atoms with Crippen molar-refractivity contribution >= 4 is 5.97 Å². The second-order valence-electron chi connectivity index (χ2n) is 3.10. The Morgan fingerprint density at radius 3 is 2.18 bits per heavy atom. The molecule has 0 amide bonds. The van der Waals surface area contributed by atoms with E-state index in [0.717, 1.165) is 6.08 Å². The van der Waals surface area contributed by atoms with Gasteiger partial charge in [0.1, 0.15) is 23.9 Å². The number of carboxylic acid groups (broad SMARTS) is 1. The second-order valence-corrected chi connectivity index (χ2v) is 3.10. The van der Waals surface area contributed by atoms with E-state index in [9.17, 15) is 4.79 Å². The predicted molar refractivity (Wildman–Crippen MR) is 61.8 cm³/mol. The smallest absolute Gasteiger partial charge is 0.328 e. The Labute approximate surface area is 99.2 Å². The van der Waals surface area contributed by atoms with Crippen molar-refractivity contribution in [2.75, 3.05) is 20.8 Å². The first-order valence-corrected chi connectivity index (χ1v) is 4.91. The van der Waals surface area contributed by atoms with Crippen LogP contribution in [0.15, 0.2) is 30.4 Å². The number of aliphatic carboxylic acids is 1. The molecular weight excluding hydrogens is 224 g/mol. The molecule has 0 aromatic heterocycles. The highest BCUT2D eigenvalue weighted by Crippen LogP contribution is 2.27. The summed E-state index contributed by atoms with van der Waals surface area (Å²) in [4.78, 5) is 10.2. The number of hydrogen-bond donors (Lipinski definition) is 1. The fourth-order valence-electron chi connectivity index (χ4n) is 1.16. The van der Waals surface area contributed by atoms with Gasteiger partial charge >= 0.3 is 5.97 Å². The number of methoxy groups -OCH3 is 2. The zero-order valence-electron chi connectivity index (χ0n) is 9.67. The number of carboxylic acids is 1. The standard InChI is InChI=1S/C12H14O5/c1-15-9-6-10(16-2)8-11(7-9)17-5-3-4-12(13)14/h3-4,6-8H,5H2,1-2H3,(H,13,14). The van der Waals surface area contributed by atoms with E-state index in [1.54, 1.807) is 32.4 Å². The zero-order valence-corrected chi connectivity index (χ0v) is 9.67. The van der Waals surface area contributed by atoms with Gasteiger partial charge in [-0.3, -0.25) is 0 Å². The van der Waals surface area contributed by atoms with Gasteiger partial charge in [0.15, 0.2) is 0 Å². The number of rotatable bonds is 6. The van der Waals surface area contributed by atoms with Crippen molar-refractivity contribution in [3.8, 4) is 17.2 Å². The largest absolute Gasteiger partial charge is 0.496 e. The molecule has 0 aliphatic rings. The summed E-state index contributed by atoms with van der Waals surface area (Å²) >= 11 is 0. The topological polar surface area (TPSA) is 65.0 Å². The highest BCUT2D eigenvalue weighted by Gasteiger charge is 2.01. The van der Waals surface area contributed by atoms with E-state index in [1.807, 2.05) is 0 Å². The molecule has 5 nitrogen and oxygen atoms in total. The van der Waals surface area contributed by atoms with Crippen molar-refractivity contribution in [2.45, 2.75) is 0 Å². The lowest BCUT2D eigenvalue weighted by Crippen LogP contribution is -1.97. The summed E-state index contributed by atoms with van der Waals surface area (Å²) in [5.74, 6) is 0.774. The van der Waals surface area contributed by atoms with Gasteiger partial charge in [0, 0.05) is 24.3 Å². The van der Waals surface area contributed by atoms with Crippen LogP contribution in [-0.2, 0) is 4.79 Å². The van der Waals surface area contributed by atoms with Crippen LogP contribution in [-0.4, -0.2) is 31.9 Å². The number of ether oxygens (including phenoxy) is 3. The molecule has 1 rings (SSSR count). The maximum Gasteiger partial charge on any atom is 0.328 e. The second kappa shape index (κ2) is 6.42. The van der Waals surface area contributed by atoms with E-state index in [2.05, 4.69) is 0 Å². The van der Waals surface area contributed by atoms with Crippen molar-refractivity contribution in [3.63, 3.8) is 0 Å². The van der Waals surface area contributed by atoms with Crippen LogP contribution in [0.25, 0.3) is 0 Å². The van der Waals surface area contributed by atoms with E-state index in [0.29, 0.717) is 17.2 Å². The Balaban J connectivity index is 2.66. The van der Waals surface area contributed by atoms with Gasteiger partial charge in [0.2, 0.25) is 0 Å². The number of carbonyl (C=O) groups is 1. The van der Waals surface area contributed by atoms with Crippen molar-refractivity contribution in [1.29, 1.82) is 0 Å². The summed E-state index contributed by atoms with van der Waals surface area (Å²) in [5, 5.41) is 8.39. The Morgan fingerprint density at radius 1 is 1.18 bits per heavy atom. The van der Waals surface area contributed by atoms with Gasteiger partial charge in [-0.1, -0.05) is 0 Å². The molecular formula is C12H14O5. The average Bonchev–Trinajstić information content (AvgIpc) is 2.34. The van der Waals surface area contributed by atoms with Gasteiger partial charge < -0.3 is 19.3 Å². The molecule has 1 aromatic carbocycles. The van der Waals surface area contributed by atoms with Crippen LogP contribution in [0.5, 0.6) is 17.2 Å². The third-order valence-corrected chi connectivity index (χ3v) is 1.93. The molecule has 1 N–H and O–H groups in total. The Kier molecular flexibility index (Phi) is 4.87. The van der Waals surface area contributed by atoms with Crippen LogP contribution in [0.4, 0.5) is 0 Å².